The lowest BCUT2D eigenvalue weighted by atomic mass is 9.75. The van der Waals surface area contributed by atoms with Gasteiger partial charge in [-0.1, -0.05) is 36.9 Å². The first-order valence-corrected chi connectivity index (χ1v) is 11.0. The van der Waals surface area contributed by atoms with Crippen LogP contribution in [0.4, 0.5) is 0 Å². The number of rotatable bonds is 5. The second kappa shape index (κ2) is 8.11. The molecule has 0 spiro atoms. The van der Waals surface area contributed by atoms with Gasteiger partial charge < -0.3 is 4.90 Å². The van der Waals surface area contributed by atoms with Crippen molar-refractivity contribution in [1.29, 1.82) is 0 Å². The molecule has 3 rings (SSSR count). The van der Waals surface area contributed by atoms with E-state index in [-0.39, 0.29) is 22.4 Å². The van der Waals surface area contributed by atoms with Gasteiger partial charge in [0.2, 0.25) is 10.0 Å². The van der Waals surface area contributed by atoms with Crippen molar-refractivity contribution < 1.29 is 13.2 Å². The Morgan fingerprint density at radius 1 is 1.27 bits per heavy atom. The summed E-state index contributed by atoms with van der Waals surface area (Å²) in [6.07, 6.45) is 7.47. The van der Waals surface area contributed by atoms with Gasteiger partial charge in [0.15, 0.2) is 0 Å². The van der Waals surface area contributed by atoms with Crippen molar-refractivity contribution in [2.75, 3.05) is 19.6 Å². The zero-order chi connectivity index (χ0) is 18.7. The molecule has 7 heteroatoms. The van der Waals surface area contributed by atoms with Gasteiger partial charge >= 0.3 is 0 Å². The summed E-state index contributed by atoms with van der Waals surface area (Å²) in [5.74, 6) is 1.19. The molecule has 1 saturated heterocycles. The largest absolute Gasteiger partial charge is 0.338 e. The molecule has 1 aliphatic heterocycles. The number of nitrogens with zero attached hydrogens (tertiary/aromatic N) is 1. The van der Waals surface area contributed by atoms with Gasteiger partial charge in [-0.2, -0.15) is 0 Å². The van der Waals surface area contributed by atoms with Gasteiger partial charge in [-0.25, -0.2) is 13.1 Å². The molecule has 1 aliphatic carbocycles. The van der Waals surface area contributed by atoms with Crippen molar-refractivity contribution in [2.24, 2.45) is 11.8 Å². The number of sulfonamides is 1. The molecule has 1 N–H and O–H groups in total. The van der Waals surface area contributed by atoms with Crippen molar-refractivity contribution >= 4 is 27.5 Å². The molecule has 2 atom stereocenters. The lowest BCUT2D eigenvalue weighted by Crippen LogP contribution is -2.44. The summed E-state index contributed by atoms with van der Waals surface area (Å²) in [5.41, 5.74) is 0.364. The third-order valence-corrected chi connectivity index (χ3v) is 7.37. The van der Waals surface area contributed by atoms with Crippen molar-refractivity contribution in [3.05, 3.63) is 41.4 Å². The Balaban J connectivity index is 1.79. The van der Waals surface area contributed by atoms with E-state index in [1.54, 1.807) is 6.07 Å². The van der Waals surface area contributed by atoms with Crippen LogP contribution < -0.4 is 4.72 Å². The van der Waals surface area contributed by atoms with Crippen molar-refractivity contribution in [3.8, 4) is 0 Å². The highest BCUT2D eigenvalue weighted by Crippen LogP contribution is 2.36. The minimum Gasteiger partial charge on any atom is -0.338 e. The van der Waals surface area contributed by atoms with Crippen LogP contribution in [-0.4, -0.2) is 38.9 Å². The van der Waals surface area contributed by atoms with E-state index in [2.05, 4.69) is 11.3 Å². The Hall–Kier alpha value is -1.37. The van der Waals surface area contributed by atoms with E-state index < -0.39 is 10.0 Å². The summed E-state index contributed by atoms with van der Waals surface area (Å²) in [4.78, 5) is 14.7. The third-order valence-electron chi connectivity index (χ3n) is 5.46. The van der Waals surface area contributed by atoms with E-state index in [1.807, 2.05) is 4.90 Å². The number of nitrogens with one attached hydrogen (secondary N) is 1. The van der Waals surface area contributed by atoms with Crippen LogP contribution in [0.5, 0.6) is 0 Å². The molecule has 1 saturated carbocycles. The van der Waals surface area contributed by atoms with E-state index in [9.17, 15) is 13.2 Å². The molecule has 0 bridgehead atoms. The molecule has 1 heterocycles. The summed E-state index contributed by atoms with van der Waals surface area (Å²) in [5, 5.41) is 0.101. The number of likely N-dealkylation sites (tertiary alicyclic amines) is 1. The molecule has 2 aliphatic rings. The van der Waals surface area contributed by atoms with Crippen molar-refractivity contribution in [1.82, 2.24) is 9.62 Å². The number of halogens is 1. The highest BCUT2D eigenvalue weighted by molar-refractivity contribution is 7.89. The van der Waals surface area contributed by atoms with Crippen LogP contribution in [0.1, 0.15) is 42.5 Å². The normalized spacial score (nSPS) is 23.3. The van der Waals surface area contributed by atoms with E-state index in [1.165, 1.54) is 43.9 Å². The Morgan fingerprint density at radius 3 is 2.73 bits per heavy atom. The lowest BCUT2D eigenvalue weighted by Gasteiger charge is -2.41. The first-order chi connectivity index (χ1) is 12.4. The first-order valence-electron chi connectivity index (χ1n) is 9.12. The molecule has 0 radical (unpaired) electrons. The summed E-state index contributed by atoms with van der Waals surface area (Å²) >= 11 is 6.07. The zero-order valence-electron chi connectivity index (χ0n) is 14.8. The molecule has 26 heavy (non-hydrogen) atoms. The highest BCUT2D eigenvalue weighted by Gasteiger charge is 2.33. The highest BCUT2D eigenvalue weighted by atomic mass is 35.5. The van der Waals surface area contributed by atoms with Crippen LogP contribution >= 0.6 is 11.6 Å². The summed E-state index contributed by atoms with van der Waals surface area (Å²) in [6.45, 7) is 5.10. The summed E-state index contributed by atoms with van der Waals surface area (Å²) in [7, 11) is -3.78. The zero-order valence-corrected chi connectivity index (χ0v) is 16.4. The van der Waals surface area contributed by atoms with Crippen molar-refractivity contribution in [3.63, 3.8) is 0 Å². The van der Waals surface area contributed by atoms with Gasteiger partial charge in [-0.15, -0.1) is 6.58 Å². The Labute approximate surface area is 160 Å². The predicted octanol–water partition coefficient (Wildman–Crippen LogP) is 3.46. The van der Waals surface area contributed by atoms with E-state index in [0.29, 0.717) is 11.5 Å². The van der Waals surface area contributed by atoms with Crippen molar-refractivity contribution in [2.45, 2.75) is 37.0 Å². The minimum absolute atomic E-state index is 0.0700. The maximum absolute atomic E-state index is 12.9. The van der Waals surface area contributed by atoms with Crippen LogP contribution in [0.15, 0.2) is 35.7 Å². The molecule has 0 aromatic heterocycles. The van der Waals surface area contributed by atoms with Crippen LogP contribution in [0.3, 0.4) is 0 Å². The average Bonchev–Trinajstić information content (AvgIpc) is 2.65. The maximum Gasteiger partial charge on any atom is 0.253 e. The molecule has 1 aromatic rings. The summed E-state index contributed by atoms with van der Waals surface area (Å²) < 4.78 is 27.2. The molecule has 5 nitrogen and oxygen atoms in total. The van der Waals surface area contributed by atoms with E-state index in [0.717, 1.165) is 25.4 Å². The molecule has 2 fully saturated rings. The van der Waals surface area contributed by atoms with Gasteiger partial charge in [-0.05, 0) is 42.9 Å². The van der Waals surface area contributed by atoms with Crippen LogP contribution in [-0.2, 0) is 10.0 Å². The van der Waals surface area contributed by atoms with Gasteiger partial charge in [0.1, 0.15) is 4.90 Å². The number of carbonyl (C=O) groups is 1. The fourth-order valence-corrected chi connectivity index (χ4v) is 5.58. The third kappa shape index (κ3) is 4.13. The Bertz CT molecular complexity index is 794. The fourth-order valence-electron chi connectivity index (χ4n) is 4.06. The predicted molar refractivity (Wildman–Crippen MR) is 103 cm³/mol. The SMILES string of the molecule is C=CCNS(=O)(=O)c1cc(C(=O)N2CC[C@H]3CCCC[C@H]3C2)ccc1Cl. The number of hydrogen-bond acceptors (Lipinski definition) is 3. The minimum atomic E-state index is -3.78. The quantitative estimate of drug-likeness (QED) is 0.775. The monoisotopic (exact) mass is 396 g/mol. The molecular weight excluding hydrogens is 372 g/mol. The maximum atomic E-state index is 12.9. The van der Waals surface area contributed by atoms with E-state index >= 15 is 0 Å². The molecule has 1 amide bonds. The average molecular weight is 397 g/mol. The first kappa shape index (κ1) is 19.4. The molecule has 142 valence electrons. The standard InChI is InChI=1S/C19H25ClN2O3S/c1-2-10-21-26(24,25)18-12-15(7-8-17(18)20)19(23)22-11-9-14-5-3-4-6-16(14)13-22/h2,7-8,12,14,16,21H,1,3-6,9-11,13H2/t14-,16+/m1/s1. The van der Waals surface area contributed by atoms with E-state index in [4.69, 9.17) is 11.6 Å². The second-order valence-electron chi connectivity index (χ2n) is 7.13. The number of fused-ring (bicyclic) bond motifs is 1. The molecule has 0 unspecified atom stereocenters. The number of benzene rings is 1. The molecular formula is C19H25ClN2O3S. The molecule has 1 aromatic carbocycles. The number of piperidine rings is 1. The van der Waals surface area contributed by atoms with Crippen LogP contribution in [0.25, 0.3) is 0 Å². The lowest BCUT2D eigenvalue weighted by molar-refractivity contribution is 0.0520. The topological polar surface area (TPSA) is 66.5 Å². The Morgan fingerprint density at radius 2 is 2.00 bits per heavy atom. The van der Waals surface area contributed by atoms with Gasteiger partial charge in [0.25, 0.3) is 5.91 Å². The van der Waals surface area contributed by atoms with Gasteiger partial charge in [0.05, 0.1) is 5.02 Å². The van der Waals surface area contributed by atoms with Gasteiger partial charge in [0, 0.05) is 25.2 Å². The fraction of sp³-hybridized carbons (Fsp3) is 0.526. The smallest absolute Gasteiger partial charge is 0.253 e. The number of hydrogen-bond donors (Lipinski definition) is 1. The van der Waals surface area contributed by atoms with Gasteiger partial charge in [-0.3, -0.25) is 4.79 Å². The number of amides is 1. The van der Waals surface area contributed by atoms with Crippen LogP contribution in [0.2, 0.25) is 5.02 Å². The Kier molecular flexibility index (Phi) is 6.05. The summed E-state index contributed by atoms with van der Waals surface area (Å²) in [6, 6.07) is 4.46. The number of carbonyl (C=O) groups excluding carboxylic acids is 1. The second-order valence-corrected chi connectivity index (χ2v) is 9.27. The van der Waals surface area contributed by atoms with Crippen LogP contribution in [0, 0.1) is 11.8 Å².